The zero-order valence-corrected chi connectivity index (χ0v) is 20.6. The molecule has 0 heterocycles. The Labute approximate surface area is 202 Å². The predicted molar refractivity (Wildman–Crippen MR) is 134 cm³/mol. The molecule has 3 aromatic carbocycles. The average molecular weight is 509 g/mol. The number of nitrogens with one attached hydrogen (secondary N) is 2. The number of anilines is 2. The van der Waals surface area contributed by atoms with E-state index in [1.54, 1.807) is 30.3 Å². The Kier molecular flexibility index (Phi) is 8.11. The van der Waals surface area contributed by atoms with Crippen LogP contribution >= 0.6 is 35.0 Å². The fourth-order valence-corrected chi connectivity index (χ4v) is 5.07. The van der Waals surface area contributed by atoms with Gasteiger partial charge in [0.25, 0.3) is 10.0 Å². The zero-order valence-electron chi connectivity index (χ0n) is 17.5. The molecule has 168 valence electrons. The molecule has 2 N–H and O–H groups in total. The molecule has 0 atom stereocenters. The van der Waals surface area contributed by atoms with Gasteiger partial charge >= 0.3 is 0 Å². The molecule has 0 fully saturated rings. The topological polar surface area (TPSA) is 75.3 Å². The highest BCUT2D eigenvalue weighted by atomic mass is 35.5. The second-order valence-electron chi connectivity index (χ2n) is 7.24. The van der Waals surface area contributed by atoms with Crippen LogP contribution in [0.5, 0.6) is 0 Å². The molecular weight excluding hydrogens is 487 g/mol. The molecule has 0 aliphatic heterocycles. The van der Waals surface area contributed by atoms with Gasteiger partial charge in [-0.2, -0.15) is 0 Å². The van der Waals surface area contributed by atoms with E-state index in [-0.39, 0.29) is 16.6 Å². The summed E-state index contributed by atoms with van der Waals surface area (Å²) in [6, 6.07) is 17.0. The predicted octanol–water partition coefficient (Wildman–Crippen LogP) is 6.28. The van der Waals surface area contributed by atoms with Gasteiger partial charge in [-0.3, -0.25) is 9.52 Å². The van der Waals surface area contributed by atoms with E-state index < -0.39 is 10.0 Å². The minimum Gasteiger partial charge on any atom is -0.325 e. The lowest BCUT2D eigenvalue weighted by molar-refractivity contribution is -0.113. The van der Waals surface area contributed by atoms with E-state index in [1.165, 1.54) is 23.9 Å². The van der Waals surface area contributed by atoms with E-state index in [1.807, 2.05) is 32.0 Å². The molecule has 0 aromatic heterocycles. The Balaban J connectivity index is 1.55. The van der Waals surface area contributed by atoms with Gasteiger partial charge < -0.3 is 5.32 Å². The summed E-state index contributed by atoms with van der Waals surface area (Å²) in [5, 5.41) is 3.75. The van der Waals surface area contributed by atoms with E-state index in [9.17, 15) is 13.2 Å². The van der Waals surface area contributed by atoms with Crippen LogP contribution in [0, 0.1) is 13.8 Å². The standard InChI is InChI=1S/C23H22Cl2N2O3S2/c1-15-3-4-16(2)22(11-15)27-32(29,30)19-8-6-18(7-9-19)26-23(28)14-31-13-17-5-10-20(24)21(25)12-17/h3-12,27H,13-14H2,1-2H3,(H,26,28). The number of benzene rings is 3. The number of amides is 1. The summed E-state index contributed by atoms with van der Waals surface area (Å²) in [6.45, 7) is 3.74. The van der Waals surface area contributed by atoms with Crippen molar-refractivity contribution in [1.29, 1.82) is 0 Å². The van der Waals surface area contributed by atoms with Crippen LogP contribution in [0.15, 0.2) is 65.6 Å². The number of rotatable bonds is 8. The summed E-state index contributed by atoms with van der Waals surface area (Å²) >= 11 is 13.3. The van der Waals surface area contributed by atoms with Crippen molar-refractivity contribution in [2.24, 2.45) is 0 Å². The van der Waals surface area contributed by atoms with Crippen molar-refractivity contribution in [3.63, 3.8) is 0 Å². The molecule has 3 rings (SSSR count). The normalized spacial score (nSPS) is 11.2. The molecule has 32 heavy (non-hydrogen) atoms. The van der Waals surface area contributed by atoms with E-state index in [0.717, 1.165) is 16.7 Å². The van der Waals surface area contributed by atoms with Gasteiger partial charge in [0, 0.05) is 11.4 Å². The van der Waals surface area contributed by atoms with Crippen LogP contribution in [0.3, 0.4) is 0 Å². The molecular formula is C23H22Cl2N2O3S2. The number of halogens is 2. The van der Waals surface area contributed by atoms with Crippen LogP contribution in [-0.2, 0) is 20.6 Å². The van der Waals surface area contributed by atoms with Gasteiger partial charge in [-0.15, -0.1) is 11.8 Å². The molecule has 0 bridgehead atoms. The lowest BCUT2D eigenvalue weighted by Gasteiger charge is -2.12. The van der Waals surface area contributed by atoms with Crippen LogP contribution in [0.4, 0.5) is 11.4 Å². The van der Waals surface area contributed by atoms with Crippen LogP contribution in [0.1, 0.15) is 16.7 Å². The second-order valence-corrected chi connectivity index (χ2v) is 10.7. The van der Waals surface area contributed by atoms with Crippen molar-refractivity contribution in [2.45, 2.75) is 24.5 Å². The molecule has 0 spiro atoms. The number of aryl methyl sites for hydroxylation is 2. The fourth-order valence-electron chi connectivity index (χ4n) is 2.85. The minimum absolute atomic E-state index is 0.116. The third-order valence-corrected chi connectivity index (χ3v) is 7.70. The van der Waals surface area contributed by atoms with Crippen molar-refractivity contribution in [3.8, 4) is 0 Å². The Bertz CT molecular complexity index is 1230. The van der Waals surface area contributed by atoms with Crippen LogP contribution < -0.4 is 10.0 Å². The molecule has 0 saturated carbocycles. The Morgan fingerprint density at radius 2 is 1.66 bits per heavy atom. The summed E-state index contributed by atoms with van der Waals surface area (Å²) in [6.07, 6.45) is 0. The van der Waals surface area contributed by atoms with Crippen molar-refractivity contribution >= 4 is 62.3 Å². The largest absolute Gasteiger partial charge is 0.325 e. The number of carbonyl (C=O) groups excluding carboxylic acids is 1. The van der Waals surface area contributed by atoms with Crippen molar-refractivity contribution in [3.05, 3.63) is 87.4 Å². The number of sulfonamides is 1. The fraction of sp³-hybridized carbons (Fsp3) is 0.174. The van der Waals surface area contributed by atoms with E-state index in [4.69, 9.17) is 23.2 Å². The maximum atomic E-state index is 12.7. The second kappa shape index (κ2) is 10.6. The summed E-state index contributed by atoms with van der Waals surface area (Å²) in [5.41, 5.74) is 3.84. The average Bonchev–Trinajstić information content (AvgIpc) is 2.73. The molecule has 0 unspecified atom stereocenters. The molecule has 1 amide bonds. The van der Waals surface area contributed by atoms with Gasteiger partial charge in [-0.1, -0.05) is 41.4 Å². The van der Waals surface area contributed by atoms with Crippen molar-refractivity contribution in [1.82, 2.24) is 0 Å². The first-order chi connectivity index (χ1) is 15.1. The molecule has 0 aliphatic carbocycles. The van der Waals surface area contributed by atoms with Gasteiger partial charge in [0.15, 0.2) is 0 Å². The van der Waals surface area contributed by atoms with Crippen LogP contribution in [-0.4, -0.2) is 20.1 Å². The number of hydrogen-bond donors (Lipinski definition) is 2. The summed E-state index contributed by atoms with van der Waals surface area (Å²) < 4.78 is 28.0. The summed E-state index contributed by atoms with van der Waals surface area (Å²) in [7, 11) is -3.74. The molecule has 9 heteroatoms. The third kappa shape index (κ3) is 6.65. The Hall–Kier alpha value is -2.19. The van der Waals surface area contributed by atoms with Gasteiger partial charge in [-0.05, 0) is 73.0 Å². The smallest absolute Gasteiger partial charge is 0.261 e. The first-order valence-corrected chi connectivity index (χ1v) is 13.0. The molecule has 0 saturated heterocycles. The number of hydrogen-bond acceptors (Lipinski definition) is 4. The monoisotopic (exact) mass is 508 g/mol. The molecule has 3 aromatic rings. The number of thioether (sulfide) groups is 1. The molecule has 0 aliphatic rings. The number of carbonyl (C=O) groups is 1. The van der Waals surface area contributed by atoms with E-state index in [2.05, 4.69) is 10.0 Å². The van der Waals surface area contributed by atoms with Crippen molar-refractivity contribution < 1.29 is 13.2 Å². The first-order valence-electron chi connectivity index (χ1n) is 9.66. The lowest BCUT2D eigenvalue weighted by Crippen LogP contribution is -2.15. The van der Waals surface area contributed by atoms with E-state index >= 15 is 0 Å². The quantitative estimate of drug-likeness (QED) is 0.375. The van der Waals surface area contributed by atoms with Gasteiger partial charge in [0.1, 0.15) is 0 Å². The van der Waals surface area contributed by atoms with Crippen LogP contribution in [0.25, 0.3) is 0 Å². The maximum Gasteiger partial charge on any atom is 0.261 e. The third-order valence-electron chi connectivity index (χ3n) is 4.57. The van der Waals surface area contributed by atoms with Gasteiger partial charge in [0.2, 0.25) is 5.91 Å². The summed E-state index contributed by atoms with van der Waals surface area (Å²) in [5.74, 6) is 0.680. The SMILES string of the molecule is Cc1ccc(C)c(NS(=O)(=O)c2ccc(NC(=O)CSCc3ccc(Cl)c(Cl)c3)cc2)c1. The van der Waals surface area contributed by atoms with E-state index in [0.29, 0.717) is 27.2 Å². The lowest BCUT2D eigenvalue weighted by atomic mass is 10.1. The van der Waals surface area contributed by atoms with Gasteiger partial charge in [0.05, 0.1) is 26.4 Å². The van der Waals surface area contributed by atoms with Crippen LogP contribution in [0.2, 0.25) is 10.0 Å². The molecule has 5 nitrogen and oxygen atoms in total. The first kappa shape index (κ1) is 24.5. The minimum atomic E-state index is -3.74. The van der Waals surface area contributed by atoms with Gasteiger partial charge in [-0.25, -0.2) is 8.42 Å². The zero-order chi connectivity index (χ0) is 23.3. The summed E-state index contributed by atoms with van der Waals surface area (Å²) in [4.78, 5) is 12.3. The highest BCUT2D eigenvalue weighted by Gasteiger charge is 2.15. The highest BCUT2D eigenvalue weighted by molar-refractivity contribution is 7.99. The maximum absolute atomic E-state index is 12.7. The Morgan fingerprint density at radius 1 is 0.938 bits per heavy atom. The highest BCUT2D eigenvalue weighted by Crippen LogP contribution is 2.25. The Morgan fingerprint density at radius 3 is 2.34 bits per heavy atom. The van der Waals surface area contributed by atoms with Crippen molar-refractivity contribution in [2.75, 3.05) is 15.8 Å². The molecule has 0 radical (unpaired) electrons.